The van der Waals surface area contributed by atoms with Crippen LogP contribution < -0.4 is 26.2 Å². The van der Waals surface area contributed by atoms with E-state index >= 15 is 0 Å². The van der Waals surface area contributed by atoms with E-state index in [0.29, 0.717) is 0 Å². The molecular weight excluding hydrogens is 1120 g/mol. The first-order valence-corrected chi connectivity index (χ1v) is 32.3. The van der Waals surface area contributed by atoms with Gasteiger partial charge in [-0.05, 0) is 140 Å². The van der Waals surface area contributed by atoms with Crippen LogP contribution in [0.4, 0.5) is 34.1 Å². The summed E-state index contributed by atoms with van der Waals surface area (Å²) in [4.78, 5) is 5.26. The molecule has 93 heavy (non-hydrogen) atoms. The lowest BCUT2D eigenvalue weighted by molar-refractivity contribution is 1.25. The Kier molecular flexibility index (Phi) is 13.0. The molecular formula is C90H59BN2. The second-order valence-electron chi connectivity index (χ2n) is 24.5. The van der Waals surface area contributed by atoms with Gasteiger partial charge >= 0.3 is 0 Å². The molecule has 0 spiro atoms. The van der Waals surface area contributed by atoms with E-state index in [2.05, 4.69) is 368 Å². The Morgan fingerprint density at radius 1 is 0.194 bits per heavy atom. The average Bonchev–Trinajstić information content (AvgIpc) is 0.696. The minimum absolute atomic E-state index is 0.174. The first kappa shape index (κ1) is 53.9. The Morgan fingerprint density at radius 3 is 1.05 bits per heavy atom. The number of benzene rings is 16. The van der Waals surface area contributed by atoms with Crippen molar-refractivity contribution in [1.82, 2.24) is 0 Å². The van der Waals surface area contributed by atoms with Crippen LogP contribution in [0.5, 0.6) is 0 Å². The van der Waals surface area contributed by atoms with E-state index < -0.39 is 0 Å². The lowest BCUT2D eigenvalue weighted by Crippen LogP contribution is -2.61. The van der Waals surface area contributed by atoms with Crippen molar-refractivity contribution in [3.63, 3.8) is 0 Å². The largest absolute Gasteiger partial charge is 0.310 e. The van der Waals surface area contributed by atoms with Crippen molar-refractivity contribution in [1.29, 1.82) is 0 Å². The van der Waals surface area contributed by atoms with Crippen molar-refractivity contribution in [2.24, 2.45) is 0 Å². The van der Waals surface area contributed by atoms with Crippen molar-refractivity contribution in [3.8, 4) is 89.0 Å². The normalized spacial score (nSPS) is 12.2. The van der Waals surface area contributed by atoms with Gasteiger partial charge in [0.1, 0.15) is 0 Å². The van der Waals surface area contributed by atoms with Crippen molar-refractivity contribution in [3.05, 3.63) is 358 Å². The molecule has 432 valence electrons. The standard InChI is InChI=1S/C90H59BN2/c1-6-26-60(27-7-1)68-55-57-82-81(58-68)91-80-56-54-69(87-78-41-20-18-39-76(78)86(77-40-19-21-42-79(77)87)67-52-50-66(51-53-67)71-43-22-37-61-36-16-17-38-70(61)71)59-85(80)93(90-74(64-32-12-4-13-33-64)46-24-47-75(90)65-34-14-5-15-35-65)84-49-25-48-83(88(84)91)92(82)89-72(62-28-8-2-9-29-62)44-23-45-73(89)63-30-10-3-11-31-63/h1-59H. The maximum atomic E-state index is 2.65. The van der Waals surface area contributed by atoms with Crippen LogP contribution in [0.1, 0.15) is 0 Å². The molecule has 3 heteroatoms. The monoisotopic (exact) mass is 1180 g/mol. The summed E-state index contributed by atoms with van der Waals surface area (Å²) < 4.78 is 0. The summed E-state index contributed by atoms with van der Waals surface area (Å²) in [7, 11) is 0. The van der Waals surface area contributed by atoms with Gasteiger partial charge in [0, 0.05) is 45.0 Å². The molecule has 2 nitrogen and oxygen atoms in total. The van der Waals surface area contributed by atoms with E-state index in [1.807, 2.05) is 0 Å². The van der Waals surface area contributed by atoms with E-state index in [1.54, 1.807) is 0 Å². The summed E-state index contributed by atoms with van der Waals surface area (Å²) in [6.45, 7) is -0.174. The molecule has 2 heterocycles. The van der Waals surface area contributed by atoms with Gasteiger partial charge in [0.05, 0.1) is 11.4 Å². The first-order valence-electron chi connectivity index (χ1n) is 32.3. The number of hydrogen-bond donors (Lipinski definition) is 0. The number of rotatable bonds is 10. The predicted octanol–water partition coefficient (Wildman–Crippen LogP) is 22.6. The fourth-order valence-corrected chi connectivity index (χ4v) is 15.4. The molecule has 2 aliphatic heterocycles. The van der Waals surface area contributed by atoms with E-state index in [0.717, 1.165) is 84.2 Å². The second kappa shape index (κ2) is 22.5. The van der Waals surface area contributed by atoms with Gasteiger partial charge in [0.2, 0.25) is 0 Å². The Morgan fingerprint density at radius 2 is 0.548 bits per heavy atom. The Labute approximate surface area is 542 Å². The van der Waals surface area contributed by atoms with Crippen molar-refractivity contribution >= 4 is 89.5 Å². The van der Waals surface area contributed by atoms with Gasteiger partial charge in [0.25, 0.3) is 6.71 Å². The maximum Gasteiger partial charge on any atom is 0.252 e. The zero-order valence-electron chi connectivity index (χ0n) is 51.0. The highest BCUT2D eigenvalue weighted by Crippen LogP contribution is 2.54. The van der Waals surface area contributed by atoms with Crippen LogP contribution in [0, 0.1) is 0 Å². The van der Waals surface area contributed by atoms with Crippen LogP contribution in [0.3, 0.4) is 0 Å². The number of para-hydroxylation sites is 2. The van der Waals surface area contributed by atoms with Gasteiger partial charge in [-0.1, -0.05) is 334 Å². The predicted molar refractivity (Wildman–Crippen MR) is 396 cm³/mol. The lowest BCUT2D eigenvalue weighted by atomic mass is 9.33. The van der Waals surface area contributed by atoms with Gasteiger partial charge in [-0.2, -0.15) is 0 Å². The highest BCUT2D eigenvalue weighted by atomic mass is 15.2. The van der Waals surface area contributed by atoms with Crippen LogP contribution >= 0.6 is 0 Å². The molecule has 16 aromatic carbocycles. The van der Waals surface area contributed by atoms with E-state index in [-0.39, 0.29) is 6.71 Å². The Bertz CT molecular complexity index is 5380. The molecule has 0 unspecified atom stereocenters. The third-order valence-corrected chi connectivity index (χ3v) is 19.5. The van der Waals surface area contributed by atoms with Gasteiger partial charge < -0.3 is 9.80 Å². The minimum atomic E-state index is -0.174. The Hall–Kier alpha value is -12.0. The van der Waals surface area contributed by atoms with Crippen LogP contribution in [0.25, 0.3) is 121 Å². The van der Waals surface area contributed by atoms with Crippen molar-refractivity contribution < 1.29 is 0 Å². The zero-order valence-corrected chi connectivity index (χ0v) is 51.0. The molecule has 0 aromatic heterocycles. The van der Waals surface area contributed by atoms with Crippen LogP contribution in [-0.2, 0) is 0 Å². The highest BCUT2D eigenvalue weighted by molar-refractivity contribution is 7.00. The number of nitrogens with zero attached hydrogens (tertiary/aromatic N) is 2. The molecule has 0 radical (unpaired) electrons. The molecule has 0 saturated heterocycles. The molecule has 2 aliphatic rings. The third kappa shape index (κ3) is 8.96. The minimum Gasteiger partial charge on any atom is -0.310 e. The fraction of sp³-hybridized carbons (Fsp3) is 0. The summed E-state index contributed by atoms with van der Waals surface area (Å²) in [6, 6.07) is 133. The van der Waals surface area contributed by atoms with Gasteiger partial charge in [0.15, 0.2) is 0 Å². The van der Waals surface area contributed by atoms with Gasteiger partial charge in [-0.25, -0.2) is 0 Å². The summed E-state index contributed by atoms with van der Waals surface area (Å²) in [5.74, 6) is 0. The second-order valence-corrected chi connectivity index (χ2v) is 24.5. The van der Waals surface area contributed by atoms with E-state index in [1.165, 1.54) is 87.6 Å². The molecule has 0 bridgehead atoms. The van der Waals surface area contributed by atoms with Crippen LogP contribution in [0.2, 0.25) is 0 Å². The SMILES string of the molecule is c1ccc(-c2ccc3c(c2)B2c4ccc(-c5c6ccccc6c(-c6ccc(-c7cccc8ccccc78)cc6)c6ccccc56)cc4N(c4c(-c5ccccc5)cccc4-c4ccccc4)c4cccc(c42)N3c2c(-c3ccccc3)cccc2-c2ccccc2)cc1. The van der Waals surface area contributed by atoms with Crippen LogP contribution in [-0.4, -0.2) is 6.71 Å². The molecule has 18 rings (SSSR count). The Balaban J connectivity index is 0.925. The highest BCUT2D eigenvalue weighted by Gasteiger charge is 2.45. The fourth-order valence-electron chi connectivity index (χ4n) is 15.4. The molecule has 16 aromatic rings. The third-order valence-electron chi connectivity index (χ3n) is 19.5. The number of anilines is 6. The van der Waals surface area contributed by atoms with E-state index in [9.17, 15) is 0 Å². The molecule has 0 atom stereocenters. The van der Waals surface area contributed by atoms with Gasteiger partial charge in [-0.15, -0.1) is 0 Å². The van der Waals surface area contributed by atoms with Gasteiger partial charge in [-0.3, -0.25) is 0 Å². The number of fused-ring (bicyclic) bond motifs is 7. The van der Waals surface area contributed by atoms with Crippen molar-refractivity contribution in [2.75, 3.05) is 9.80 Å². The molecule has 0 saturated carbocycles. The topological polar surface area (TPSA) is 6.48 Å². The lowest BCUT2D eigenvalue weighted by Gasteiger charge is -2.45. The summed E-state index contributed by atoms with van der Waals surface area (Å²) in [5.41, 5.74) is 29.4. The molecule has 0 amide bonds. The van der Waals surface area contributed by atoms with Crippen molar-refractivity contribution in [2.45, 2.75) is 0 Å². The summed E-state index contributed by atoms with van der Waals surface area (Å²) in [6.07, 6.45) is 0. The van der Waals surface area contributed by atoms with E-state index in [4.69, 9.17) is 0 Å². The molecule has 0 fully saturated rings. The smallest absolute Gasteiger partial charge is 0.252 e. The quantitative estimate of drug-likeness (QED) is 0.0995. The summed E-state index contributed by atoms with van der Waals surface area (Å²) in [5, 5.41) is 7.36. The first-order chi connectivity index (χ1) is 46.2. The molecule has 0 aliphatic carbocycles. The molecule has 0 N–H and O–H groups in total. The zero-order chi connectivity index (χ0) is 61.3. The summed E-state index contributed by atoms with van der Waals surface area (Å²) >= 11 is 0. The maximum absolute atomic E-state index is 2.65. The average molecular weight is 1180 g/mol. The number of hydrogen-bond acceptors (Lipinski definition) is 2. The van der Waals surface area contributed by atoms with Crippen LogP contribution in [0.15, 0.2) is 358 Å².